The third kappa shape index (κ3) is 5.45. The van der Waals surface area contributed by atoms with E-state index in [1.54, 1.807) is 12.1 Å². The molecule has 2 aromatic rings. The van der Waals surface area contributed by atoms with Gasteiger partial charge in [0.2, 0.25) is 0 Å². The van der Waals surface area contributed by atoms with E-state index in [0.29, 0.717) is 5.56 Å². The van der Waals surface area contributed by atoms with E-state index < -0.39 is 5.97 Å². The van der Waals surface area contributed by atoms with Crippen LogP contribution in [0.3, 0.4) is 0 Å². The number of carbonyl (C=O) groups excluding carboxylic acids is 2. The molecule has 0 radical (unpaired) electrons. The van der Waals surface area contributed by atoms with Gasteiger partial charge in [0.15, 0.2) is 6.61 Å². The van der Waals surface area contributed by atoms with Gasteiger partial charge in [0.1, 0.15) is 0 Å². The van der Waals surface area contributed by atoms with Crippen LogP contribution in [0.1, 0.15) is 60.8 Å². The molecule has 1 amide bonds. The van der Waals surface area contributed by atoms with E-state index in [9.17, 15) is 9.59 Å². The molecule has 0 saturated heterocycles. The van der Waals surface area contributed by atoms with Gasteiger partial charge in [0.25, 0.3) is 5.91 Å². The number of aryl methyl sites for hydroxylation is 1. The van der Waals surface area contributed by atoms with E-state index in [1.807, 2.05) is 50.2 Å². The van der Waals surface area contributed by atoms with Crippen LogP contribution in [0.25, 0.3) is 0 Å². The first-order valence-electron chi connectivity index (χ1n) is 8.80. The number of ether oxygens (including phenoxy) is 1. The van der Waals surface area contributed by atoms with Crippen molar-refractivity contribution < 1.29 is 14.3 Å². The molecule has 0 aliphatic rings. The summed E-state index contributed by atoms with van der Waals surface area (Å²) in [4.78, 5) is 24.1. The fourth-order valence-corrected chi connectivity index (χ4v) is 2.54. The van der Waals surface area contributed by atoms with Gasteiger partial charge in [-0.25, -0.2) is 4.79 Å². The van der Waals surface area contributed by atoms with Crippen LogP contribution in [-0.4, -0.2) is 18.5 Å². The number of hydrogen-bond acceptors (Lipinski definition) is 3. The third-order valence-electron chi connectivity index (χ3n) is 4.28. The van der Waals surface area contributed by atoms with Crippen molar-refractivity contribution in [3.8, 4) is 0 Å². The largest absolute Gasteiger partial charge is 0.452 e. The lowest BCUT2D eigenvalue weighted by atomic mass is 9.87. The summed E-state index contributed by atoms with van der Waals surface area (Å²) in [6.07, 6.45) is 0. The maximum atomic E-state index is 12.1. The lowest BCUT2D eigenvalue weighted by molar-refractivity contribution is -0.124. The Morgan fingerprint density at radius 3 is 2.12 bits per heavy atom. The zero-order valence-electron chi connectivity index (χ0n) is 16.1. The predicted octanol–water partition coefficient (Wildman–Crippen LogP) is 4.33. The molecule has 2 aromatic carbocycles. The SMILES string of the molecule is Cc1ccc([C@H](C)NC(=O)COC(=O)c2ccc(C(C)(C)C)cc2)cc1. The van der Waals surface area contributed by atoms with Crippen molar-refractivity contribution in [2.24, 2.45) is 0 Å². The van der Waals surface area contributed by atoms with Crippen molar-refractivity contribution >= 4 is 11.9 Å². The number of nitrogens with one attached hydrogen (secondary N) is 1. The summed E-state index contributed by atoms with van der Waals surface area (Å²) >= 11 is 0. The Hall–Kier alpha value is -2.62. The Labute approximate surface area is 155 Å². The summed E-state index contributed by atoms with van der Waals surface area (Å²) < 4.78 is 5.12. The zero-order chi connectivity index (χ0) is 19.3. The van der Waals surface area contributed by atoms with Gasteiger partial charge in [0, 0.05) is 0 Å². The monoisotopic (exact) mass is 353 g/mol. The van der Waals surface area contributed by atoms with Crippen LogP contribution in [0.15, 0.2) is 48.5 Å². The van der Waals surface area contributed by atoms with Crippen molar-refractivity contribution in [1.82, 2.24) is 5.32 Å². The third-order valence-corrected chi connectivity index (χ3v) is 4.28. The average molecular weight is 353 g/mol. The second kappa shape index (κ2) is 8.17. The van der Waals surface area contributed by atoms with E-state index in [0.717, 1.165) is 11.1 Å². The second-order valence-electron chi connectivity index (χ2n) is 7.60. The number of carbonyl (C=O) groups is 2. The van der Waals surface area contributed by atoms with E-state index in [2.05, 4.69) is 26.1 Å². The second-order valence-corrected chi connectivity index (χ2v) is 7.60. The molecule has 0 unspecified atom stereocenters. The minimum atomic E-state index is -0.497. The van der Waals surface area contributed by atoms with Crippen LogP contribution >= 0.6 is 0 Å². The van der Waals surface area contributed by atoms with Crippen molar-refractivity contribution in [3.63, 3.8) is 0 Å². The first-order valence-corrected chi connectivity index (χ1v) is 8.80. The summed E-state index contributed by atoms with van der Waals surface area (Å²) in [7, 11) is 0. The highest BCUT2D eigenvalue weighted by molar-refractivity contribution is 5.91. The highest BCUT2D eigenvalue weighted by atomic mass is 16.5. The molecule has 0 spiro atoms. The average Bonchev–Trinajstić information content (AvgIpc) is 2.59. The molecule has 0 saturated carbocycles. The molecule has 0 heterocycles. The first-order chi connectivity index (χ1) is 12.2. The van der Waals surface area contributed by atoms with Crippen molar-refractivity contribution in [2.75, 3.05) is 6.61 Å². The lowest BCUT2D eigenvalue weighted by Crippen LogP contribution is -2.31. The molecule has 0 aromatic heterocycles. The Morgan fingerprint density at radius 1 is 1.00 bits per heavy atom. The number of benzene rings is 2. The van der Waals surface area contributed by atoms with Crippen LogP contribution < -0.4 is 5.32 Å². The summed E-state index contributed by atoms with van der Waals surface area (Å²) in [5, 5.41) is 2.84. The Morgan fingerprint density at radius 2 is 1.58 bits per heavy atom. The molecule has 26 heavy (non-hydrogen) atoms. The Kier molecular flexibility index (Phi) is 6.19. The smallest absolute Gasteiger partial charge is 0.338 e. The molecule has 0 aliphatic carbocycles. The van der Waals surface area contributed by atoms with E-state index in [-0.39, 0.29) is 24.0 Å². The molecule has 1 N–H and O–H groups in total. The fourth-order valence-electron chi connectivity index (χ4n) is 2.54. The molecule has 0 bridgehead atoms. The Balaban J connectivity index is 1.86. The standard InChI is InChI=1S/C22H27NO3/c1-15-6-8-17(9-7-15)16(2)23-20(24)14-26-21(25)18-10-12-19(13-11-18)22(3,4)5/h6-13,16H,14H2,1-5H3,(H,23,24)/t16-/m0/s1. The van der Waals surface area contributed by atoms with Gasteiger partial charge in [0.05, 0.1) is 11.6 Å². The van der Waals surface area contributed by atoms with Gasteiger partial charge < -0.3 is 10.1 Å². The van der Waals surface area contributed by atoms with Gasteiger partial charge in [-0.2, -0.15) is 0 Å². The van der Waals surface area contributed by atoms with Crippen LogP contribution in [0, 0.1) is 6.92 Å². The summed E-state index contributed by atoms with van der Waals surface area (Å²) in [5.41, 5.74) is 3.77. The van der Waals surface area contributed by atoms with Gasteiger partial charge in [-0.3, -0.25) is 4.79 Å². The molecule has 138 valence electrons. The van der Waals surface area contributed by atoms with Gasteiger partial charge in [-0.15, -0.1) is 0 Å². The number of rotatable bonds is 5. The maximum Gasteiger partial charge on any atom is 0.338 e. The number of esters is 1. The number of amides is 1. The highest BCUT2D eigenvalue weighted by Gasteiger charge is 2.16. The quantitative estimate of drug-likeness (QED) is 0.814. The van der Waals surface area contributed by atoms with E-state index >= 15 is 0 Å². The molecule has 4 nitrogen and oxygen atoms in total. The summed E-state index contributed by atoms with van der Waals surface area (Å²) in [5.74, 6) is -0.818. The number of hydrogen-bond donors (Lipinski definition) is 1. The van der Waals surface area contributed by atoms with Crippen LogP contribution in [0.4, 0.5) is 0 Å². The van der Waals surface area contributed by atoms with Gasteiger partial charge >= 0.3 is 5.97 Å². The zero-order valence-corrected chi connectivity index (χ0v) is 16.1. The first kappa shape index (κ1) is 19.7. The minimum Gasteiger partial charge on any atom is -0.452 e. The topological polar surface area (TPSA) is 55.4 Å². The predicted molar refractivity (Wildman–Crippen MR) is 103 cm³/mol. The molecular weight excluding hydrogens is 326 g/mol. The highest BCUT2D eigenvalue weighted by Crippen LogP contribution is 2.22. The Bertz CT molecular complexity index is 755. The van der Waals surface area contributed by atoms with Crippen LogP contribution in [0.2, 0.25) is 0 Å². The summed E-state index contributed by atoms with van der Waals surface area (Å²) in [6, 6.07) is 15.1. The van der Waals surface area contributed by atoms with Gasteiger partial charge in [-0.1, -0.05) is 62.7 Å². The van der Waals surface area contributed by atoms with Crippen molar-refractivity contribution in [2.45, 2.75) is 46.1 Å². The van der Waals surface area contributed by atoms with Gasteiger partial charge in [-0.05, 0) is 42.5 Å². The molecular formula is C22H27NO3. The van der Waals surface area contributed by atoms with Crippen LogP contribution in [0.5, 0.6) is 0 Å². The molecule has 4 heteroatoms. The van der Waals surface area contributed by atoms with Crippen molar-refractivity contribution in [1.29, 1.82) is 0 Å². The fraction of sp³-hybridized carbons (Fsp3) is 0.364. The minimum absolute atomic E-state index is 0.0223. The maximum absolute atomic E-state index is 12.1. The molecule has 0 fully saturated rings. The van der Waals surface area contributed by atoms with E-state index in [1.165, 1.54) is 5.56 Å². The lowest BCUT2D eigenvalue weighted by Gasteiger charge is -2.19. The summed E-state index contributed by atoms with van der Waals surface area (Å²) in [6.45, 7) is 9.95. The van der Waals surface area contributed by atoms with E-state index in [4.69, 9.17) is 4.74 Å². The molecule has 0 aliphatic heterocycles. The molecule has 2 rings (SSSR count). The van der Waals surface area contributed by atoms with Crippen LogP contribution in [-0.2, 0) is 14.9 Å². The molecule has 1 atom stereocenters. The normalized spacial score (nSPS) is 12.3. The van der Waals surface area contributed by atoms with Crippen molar-refractivity contribution in [3.05, 3.63) is 70.8 Å².